The van der Waals surface area contributed by atoms with Crippen molar-refractivity contribution in [3.05, 3.63) is 22.7 Å². The lowest BCUT2D eigenvalue weighted by molar-refractivity contribution is 0.0949. The van der Waals surface area contributed by atoms with Crippen molar-refractivity contribution in [2.75, 3.05) is 26.3 Å². The van der Waals surface area contributed by atoms with Crippen molar-refractivity contribution in [3.8, 4) is 11.5 Å². The normalized spacial score (nSPS) is 17.1. The predicted molar refractivity (Wildman–Crippen MR) is 91.8 cm³/mol. The average molecular weight is 341 g/mol. The van der Waals surface area contributed by atoms with Crippen LogP contribution in [0.1, 0.15) is 43.5 Å². The molecule has 0 saturated carbocycles. The van der Waals surface area contributed by atoms with Crippen molar-refractivity contribution < 1.29 is 14.3 Å². The van der Waals surface area contributed by atoms with Crippen LogP contribution in [0.3, 0.4) is 0 Å². The van der Waals surface area contributed by atoms with Gasteiger partial charge in [0.15, 0.2) is 11.5 Å². The minimum Gasteiger partial charge on any atom is -0.490 e. The molecule has 6 heteroatoms. The largest absolute Gasteiger partial charge is 0.490 e. The Balaban J connectivity index is 2.09. The van der Waals surface area contributed by atoms with Gasteiger partial charge in [-0.3, -0.25) is 4.79 Å². The molecule has 5 nitrogen and oxygen atoms in total. The standard InChI is InChI=1S/C17H25ClN2O3/c1-3-8-23-16-14(18)9-12(10-15(16)22-4-2)17(21)20-11-13-6-5-7-19-13/h9-10,13,19H,3-8,11H2,1-2H3,(H,20,21). The van der Waals surface area contributed by atoms with E-state index in [0.717, 1.165) is 25.8 Å². The summed E-state index contributed by atoms with van der Waals surface area (Å²) in [6.45, 7) is 6.58. The van der Waals surface area contributed by atoms with Crippen LogP contribution in [-0.2, 0) is 0 Å². The van der Waals surface area contributed by atoms with Gasteiger partial charge in [-0.1, -0.05) is 18.5 Å². The summed E-state index contributed by atoms with van der Waals surface area (Å²) >= 11 is 6.28. The Morgan fingerprint density at radius 2 is 2.22 bits per heavy atom. The van der Waals surface area contributed by atoms with Crippen molar-refractivity contribution in [1.29, 1.82) is 0 Å². The van der Waals surface area contributed by atoms with Gasteiger partial charge in [0, 0.05) is 18.2 Å². The fourth-order valence-electron chi connectivity index (χ4n) is 2.56. The molecule has 1 atom stereocenters. The molecular formula is C17H25ClN2O3. The van der Waals surface area contributed by atoms with Crippen LogP contribution in [0.4, 0.5) is 0 Å². The minimum absolute atomic E-state index is 0.149. The average Bonchev–Trinajstić information content (AvgIpc) is 3.05. The molecule has 2 N–H and O–H groups in total. The van der Waals surface area contributed by atoms with Crippen LogP contribution in [-0.4, -0.2) is 38.3 Å². The van der Waals surface area contributed by atoms with Crippen LogP contribution in [0.25, 0.3) is 0 Å². The summed E-state index contributed by atoms with van der Waals surface area (Å²) in [5.74, 6) is 0.866. The van der Waals surface area contributed by atoms with Gasteiger partial charge in [0.25, 0.3) is 5.91 Å². The molecule has 1 unspecified atom stereocenters. The van der Waals surface area contributed by atoms with Gasteiger partial charge in [0.2, 0.25) is 0 Å². The first kappa shape index (κ1) is 17.9. The van der Waals surface area contributed by atoms with Crippen molar-refractivity contribution in [2.24, 2.45) is 0 Å². The fraction of sp³-hybridized carbons (Fsp3) is 0.588. The van der Waals surface area contributed by atoms with Crippen LogP contribution in [0, 0.1) is 0 Å². The van der Waals surface area contributed by atoms with Gasteiger partial charge in [-0.25, -0.2) is 0 Å². The zero-order chi connectivity index (χ0) is 16.7. The number of hydrogen-bond donors (Lipinski definition) is 2. The quantitative estimate of drug-likeness (QED) is 0.763. The van der Waals surface area contributed by atoms with Crippen LogP contribution in [0.5, 0.6) is 11.5 Å². The van der Waals surface area contributed by atoms with Crippen molar-refractivity contribution in [1.82, 2.24) is 10.6 Å². The molecule has 0 bridgehead atoms. The van der Waals surface area contributed by atoms with E-state index in [-0.39, 0.29) is 5.91 Å². The molecule has 1 aromatic rings. The Kier molecular flexibility index (Phi) is 6.99. The van der Waals surface area contributed by atoms with Gasteiger partial charge in [-0.05, 0) is 44.9 Å². The number of benzene rings is 1. The molecule has 1 aliphatic rings. The van der Waals surface area contributed by atoms with Gasteiger partial charge in [-0.2, -0.15) is 0 Å². The highest BCUT2D eigenvalue weighted by molar-refractivity contribution is 6.32. The summed E-state index contributed by atoms with van der Waals surface area (Å²) in [4.78, 5) is 12.3. The first-order chi connectivity index (χ1) is 11.2. The molecule has 1 amide bonds. The van der Waals surface area contributed by atoms with Gasteiger partial charge >= 0.3 is 0 Å². The monoisotopic (exact) mass is 340 g/mol. The lowest BCUT2D eigenvalue weighted by Gasteiger charge is -2.16. The number of halogens is 1. The smallest absolute Gasteiger partial charge is 0.251 e. The van der Waals surface area contributed by atoms with E-state index in [9.17, 15) is 4.79 Å². The van der Waals surface area contributed by atoms with E-state index in [1.807, 2.05) is 13.8 Å². The minimum atomic E-state index is -0.149. The number of amides is 1. The number of hydrogen-bond acceptors (Lipinski definition) is 4. The number of carbonyl (C=O) groups excluding carboxylic acids is 1. The van der Waals surface area contributed by atoms with Crippen molar-refractivity contribution >= 4 is 17.5 Å². The Bertz CT molecular complexity index is 531. The van der Waals surface area contributed by atoms with E-state index in [1.165, 1.54) is 0 Å². The lowest BCUT2D eigenvalue weighted by atomic mass is 10.1. The Morgan fingerprint density at radius 3 is 2.87 bits per heavy atom. The van der Waals surface area contributed by atoms with Gasteiger partial charge in [-0.15, -0.1) is 0 Å². The first-order valence-electron chi connectivity index (χ1n) is 8.26. The molecular weight excluding hydrogens is 316 g/mol. The summed E-state index contributed by atoms with van der Waals surface area (Å²) in [5.41, 5.74) is 0.486. The van der Waals surface area contributed by atoms with Crippen molar-refractivity contribution in [3.63, 3.8) is 0 Å². The summed E-state index contributed by atoms with van der Waals surface area (Å²) in [5, 5.41) is 6.69. The fourth-order valence-corrected chi connectivity index (χ4v) is 2.82. The third-order valence-electron chi connectivity index (χ3n) is 3.69. The highest BCUT2D eigenvalue weighted by Crippen LogP contribution is 2.36. The number of ether oxygens (including phenoxy) is 2. The second-order valence-corrected chi connectivity index (χ2v) is 5.98. The first-order valence-corrected chi connectivity index (χ1v) is 8.64. The Hall–Kier alpha value is -1.46. The van der Waals surface area contributed by atoms with E-state index < -0.39 is 0 Å². The van der Waals surface area contributed by atoms with E-state index in [1.54, 1.807) is 12.1 Å². The molecule has 1 aromatic carbocycles. The highest BCUT2D eigenvalue weighted by atomic mass is 35.5. The molecule has 23 heavy (non-hydrogen) atoms. The zero-order valence-electron chi connectivity index (χ0n) is 13.8. The van der Waals surface area contributed by atoms with Crippen LogP contribution in [0.2, 0.25) is 5.02 Å². The van der Waals surface area contributed by atoms with Crippen molar-refractivity contribution in [2.45, 2.75) is 39.2 Å². The van der Waals surface area contributed by atoms with E-state index in [0.29, 0.717) is 47.9 Å². The molecule has 1 heterocycles. The maximum absolute atomic E-state index is 12.3. The topological polar surface area (TPSA) is 59.6 Å². The van der Waals surface area contributed by atoms with Crippen LogP contribution < -0.4 is 20.1 Å². The van der Waals surface area contributed by atoms with E-state index in [4.69, 9.17) is 21.1 Å². The van der Waals surface area contributed by atoms with E-state index >= 15 is 0 Å². The summed E-state index contributed by atoms with van der Waals surface area (Å²) in [6.07, 6.45) is 3.12. The molecule has 128 valence electrons. The molecule has 1 saturated heterocycles. The van der Waals surface area contributed by atoms with Gasteiger partial charge in [0.05, 0.1) is 18.2 Å². The van der Waals surface area contributed by atoms with Crippen LogP contribution >= 0.6 is 11.6 Å². The maximum atomic E-state index is 12.3. The third kappa shape index (κ3) is 5.01. The second-order valence-electron chi connectivity index (χ2n) is 5.57. The maximum Gasteiger partial charge on any atom is 0.251 e. The zero-order valence-corrected chi connectivity index (χ0v) is 14.5. The molecule has 2 rings (SSSR count). The summed E-state index contributed by atoms with van der Waals surface area (Å²) in [6, 6.07) is 3.68. The third-order valence-corrected chi connectivity index (χ3v) is 3.97. The molecule has 0 spiro atoms. The molecule has 1 aliphatic heterocycles. The molecule has 1 fully saturated rings. The summed E-state index contributed by atoms with van der Waals surface area (Å²) < 4.78 is 11.2. The van der Waals surface area contributed by atoms with E-state index in [2.05, 4.69) is 10.6 Å². The van der Waals surface area contributed by atoms with Gasteiger partial charge in [0.1, 0.15) is 0 Å². The molecule has 0 aliphatic carbocycles. The number of carbonyl (C=O) groups is 1. The SMILES string of the molecule is CCCOc1c(Cl)cc(C(=O)NCC2CCCN2)cc1OCC. The summed E-state index contributed by atoms with van der Waals surface area (Å²) in [7, 11) is 0. The Labute approximate surface area is 142 Å². The van der Waals surface area contributed by atoms with Gasteiger partial charge < -0.3 is 20.1 Å². The molecule has 0 aromatic heterocycles. The molecule has 0 radical (unpaired) electrons. The highest BCUT2D eigenvalue weighted by Gasteiger charge is 2.18. The lowest BCUT2D eigenvalue weighted by Crippen LogP contribution is -2.37. The number of nitrogens with one attached hydrogen (secondary N) is 2. The Morgan fingerprint density at radius 1 is 1.39 bits per heavy atom. The number of rotatable bonds is 8. The predicted octanol–water partition coefficient (Wildman–Crippen LogP) is 3.01. The second kappa shape index (κ2) is 8.99. The van der Waals surface area contributed by atoms with Crippen LogP contribution in [0.15, 0.2) is 12.1 Å².